The molecule has 1 aromatic rings. The number of nitrogens with zero attached hydrogens (tertiary/aromatic N) is 2. The lowest BCUT2D eigenvalue weighted by Crippen LogP contribution is -2.68. The third kappa shape index (κ3) is 2.84. The zero-order chi connectivity index (χ0) is 18.5. The number of benzene rings is 1. The van der Waals surface area contributed by atoms with Crippen LogP contribution in [0.4, 0.5) is 4.39 Å². The van der Waals surface area contributed by atoms with Crippen molar-refractivity contribution in [2.45, 2.75) is 43.2 Å². The summed E-state index contributed by atoms with van der Waals surface area (Å²) >= 11 is 0. The highest BCUT2D eigenvalue weighted by atomic mass is 32.2. The Morgan fingerprint density at radius 2 is 1.92 bits per heavy atom. The molecular formula is C18H23FN2O4S. The Balaban J connectivity index is 1.40. The highest BCUT2D eigenvalue weighted by Gasteiger charge is 2.58. The lowest BCUT2D eigenvalue weighted by Gasteiger charge is -2.60. The first kappa shape index (κ1) is 17.9. The van der Waals surface area contributed by atoms with Gasteiger partial charge in [0.1, 0.15) is 17.3 Å². The summed E-state index contributed by atoms with van der Waals surface area (Å²) in [6.07, 6.45) is 2.42. The van der Waals surface area contributed by atoms with Crippen molar-refractivity contribution in [1.82, 2.24) is 9.21 Å². The van der Waals surface area contributed by atoms with Gasteiger partial charge >= 0.3 is 0 Å². The molecule has 0 bridgehead atoms. The van der Waals surface area contributed by atoms with E-state index in [2.05, 4.69) is 0 Å². The molecule has 2 aliphatic heterocycles. The van der Waals surface area contributed by atoms with E-state index in [1.54, 1.807) is 0 Å². The fraction of sp³-hybridized carbons (Fsp3) is 0.611. The lowest BCUT2D eigenvalue weighted by molar-refractivity contribution is -0.148. The molecule has 26 heavy (non-hydrogen) atoms. The Morgan fingerprint density at radius 1 is 1.23 bits per heavy atom. The van der Waals surface area contributed by atoms with E-state index >= 15 is 0 Å². The predicted molar refractivity (Wildman–Crippen MR) is 92.4 cm³/mol. The van der Waals surface area contributed by atoms with Crippen LogP contribution >= 0.6 is 0 Å². The van der Waals surface area contributed by atoms with Gasteiger partial charge in [0.05, 0.1) is 0 Å². The summed E-state index contributed by atoms with van der Waals surface area (Å²) in [6.45, 7) is 3.55. The molecular weight excluding hydrogens is 359 g/mol. The number of amides is 1. The number of carbonyl (C=O) groups excluding carboxylic acids is 1. The number of rotatable bonds is 3. The molecule has 0 aromatic heterocycles. The second kappa shape index (κ2) is 6.28. The average Bonchev–Trinajstić information content (AvgIpc) is 2.67. The molecule has 1 amide bonds. The van der Waals surface area contributed by atoms with Crippen molar-refractivity contribution in [2.75, 3.05) is 26.3 Å². The normalized spacial score (nSPS) is 27.1. The second-order valence-electron chi connectivity index (χ2n) is 7.76. The molecule has 3 fully saturated rings. The Hall–Kier alpha value is -1.51. The Kier molecular flexibility index (Phi) is 4.32. The van der Waals surface area contributed by atoms with Gasteiger partial charge in [0.2, 0.25) is 15.9 Å². The van der Waals surface area contributed by atoms with Crippen molar-refractivity contribution < 1.29 is 22.3 Å². The van der Waals surface area contributed by atoms with Gasteiger partial charge in [0, 0.05) is 37.2 Å². The minimum atomic E-state index is -3.79. The van der Waals surface area contributed by atoms with E-state index in [4.69, 9.17) is 4.74 Å². The number of carbonyl (C=O) groups is 1. The topological polar surface area (TPSA) is 66.9 Å². The molecule has 0 radical (unpaired) electrons. The van der Waals surface area contributed by atoms with E-state index in [1.807, 2.05) is 11.8 Å². The average molecular weight is 382 g/mol. The van der Waals surface area contributed by atoms with Gasteiger partial charge in [-0.1, -0.05) is 12.1 Å². The third-order valence-electron chi connectivity index (χ3n) is 5.88. The van der Waals surface area contributed by atoms with Crippen molar-refractivity contribution in [3.63, 3.8) is 0 Å². The van der Waals surface area contributed by atoms with Crippen LogP contribution in [0.3, 0.4) is 0 Å². The van der Waals surface area contributed by atoms with Crippen LogP contribution in [0, 0.1) is 11.2 Å². The molecule has 1 spiro atoms. The maximum Gasteiger partial charge on any atom is 0.249 e. The van der Waals surface area contributed by atoms with Gasteiger partial charge in [0.25, 0.3) is 0 Å². The number of halogens is 1. The van der Waals surface area contributed by atoms with Crippen molar-refractivity contribution in [1.29, 1.82) is 0 Å². The van der Waals surface area contributed by atoms with Crippen LogP contribution in [0.25, 0.3) is 0 Å². The van der Waals surface area contributed by atoms with E-state index in [-0.39, 0.29) is 34.9 Å². The zero-order valence-corrected chi connectivity index (χ0v) is 15.5. The fourth-order valence-electron chi connectivity index (χ4n) is 4.50. The maximum atomic E-state index is 13.9. The standard InChI is InChI=1S/C18H23FN2O4S/c1-13-6-7-25-10-17(22)21(13)14-8-18(9-14)11-20(12-18)26(23,24)16-5-3-2-4-15(16)19/h2-5,13-14H,6-12H2,1H3. The quantitative estimate of drug-likeness (QED) is 0.797. The Bertz CT molecular complexity index is 814. The third-order valence-corrected chi connectivity index (χ3v) is 7.70. The van der Waals surface area contributed by atoms with Gasteiger partial charge in [-0.3, -0.25) is 4.79 Å². The summed E-state index contributed by atoms with van der Waals surface area (Å²) in [5.74, 6) is -0.700. The van der Waals surface area contributed by atoms with Crippen LogP contribution in [0.2, 0.25) is 0 Å². The molecule has 1 aliphatic carbocycles. The Morgan fingerprint density at radius 3 is 2.62 bits per heavy atom. The molecule has 1 saturated carbocycles. The predicted octanol–water partition coefficient (Wildman–Crippen LogP) is 1.62. The number of hydrogen-bond acceptors (Lipinski definition) is 4. The SMILES string of the molecule is CC1CCOCC(=O)N1C1CC2(C1)CN(S(=O)(=O)c1ccccc1F)C2. The lowest BCUT2D eigenvalue weighted by atomic mass is 9.61. The zero-order valence-electron chi connectivity index (χ0n) is 14.7. The number of ether oxygens (including phenoxy) is 1. The number of sulfonamides is 1. The molecule has 142 valence electrons. The summed E-state index contributed by atoms with van der Waals surface area (Å²) in [6, 6.07) is 5.76. The second-order valence-corrected chi connectivity index (χ2v) is 9.66. The van der Waals surface area contributed by atoms with Crippen molar-refractivity contribution in [3.05, 3.63) is 30.1 Å². The van der Waals surface area contributed by atoms with Gasteiger partial charge in [-0.15, -0.1) is 0 Å². The van der Waals surface area contributed by atoms with Gasteiger partial charge in [-0.2, -0.15) is 4.31 Å². The molecule has 1 atom stereocenters. The first-order valence-electron chi connectivity index (χ1n) is 8.96. The molecule has 1 aromatic carbocycles. The molecule has 6 nitrogen and oxygen atoms in total. The fourth-order valence-corrected chi connectivity index (χ4v) is 6.23. The molecule has 2 heterocycles. The van der Waals surface area contributed by atoms with E-state index in [9.17, 15) is 17.6 Å². The summed E-state index contributed by atoms with van der Waals surface area (Å²) in [5, 5.41) is 0. The summed E-state index contributed by atoms with van der Waals surface area (Å²) in [7, 11) is -3.79. The highest BCUT2D eigenvalue weighted by Crippen LogP contribution is 2.52. The van der Waals surface area contributed by atoms with E-state index in [0.29, 0.717) is 19.7 Å². The van der Waals surface area contributed by atoms with Crippen LogP contribution in [-0.2, 0) is 19.6 Å². The minimum absolute atomic E-state index is 0.0185. The van der Waals surface area contributed by atoms with Crippen LogP contribution in [0.5, 0.6) is 0 Å². The van der Waals surface area contributed by atoms with Crippen LogP contribution < -0.4 is 0 Å². The van der Waals surface area contributed by atoms with Crippen LogP contribution in [0.15, 0.2) is 29.2 Å². The highest BCUT2D eigenvalue weighted by molar-refractivity contribution is 7.89. The van der Waals surface area contributed by atoms with E-state index in [1.165, 1.54) is 22.5 Å². The van der Waals surface area contributed by atoms with Gasteiger partial charge < -0.3 is 9.64 Å². The minimum Gasteiger partial charge on any atom is -0.372 e. The molecule has 8 heteroatoms. The Labute approximate surface area is 153 Å². The maximum absolute atomic E-state index is 13.9. The van der Waals surface area contributed by atoms with E-state index < -0.39 is 15.8 Å². The van der Waals surface area contributed by atoms with Crippen molar-refractivity contribution in [3.8, 4) is 0 Å². The molecule has 3 aliphatic rings. The van der Waals surface area contributed by atoms with Gasteiger partial charge in [-0.25, -0.2) is 12.8 Å². The molecule has 1 unspecified atom stereocenters. The molecule has 2 saturated heterocycles. The first-order chi connectivity index (χ1) is 12.3. The largest absolute Gasteiger partial charge is 0.372 e. The smallest absolute Gasteiger partial charge is 0.249 e. The van der Waals surface area contributed by atoms with Crippen molar-refractivity contribution >= 4 is 15.9 Å². The van der Waals surface area contributed by atoms with Crippen LogP contribution in [-0.4, -0.2) is 61.9 Å². The summed E-state index contributed by atoms with van der Waals surface area (Å²) in [4.78, 5) is 13.9. The first-order valence-corrected chi connectivity index (χ1v) is 10.4. The summed E-state index contributed by atoms with van der Waals surface area (Å²) < 4.78 is 45.7. The number of hydrogen-bond donors (Lipinski definition) is 0. The summed E-state index contributed by atoms with van der Waals surface area (Å²) in [5.41, 5.74) is -0.0733. The van der Waals surface area contributed by atoms with Crippen LogP contribution in [0.1, 0.15) is 26.2 Å². The monoisotopic (exact) mass is 382 g/mol. The van der Waals surface area contributed by atoms with Gasteiger partial charge in [0.15, 0.2) is 0 Å². The van der Waals surface area contributed by atoms with Gasteiger partial charge in [-0.05, 0) is 38.3 Å². The molecule has 0 N–H and O–H groups in total. The molecule has 4 rings (SSSR count). The van der Waals surface area contributed by atoms with E-state index in [0.717, 1.165) is 25.3 Å². The van der Waals surface area contributed by atoms with Crippen molar-refractivity contribution in [2.24, 2.45) is 5.41 Å².